The average Bonchev–Trinajstić information content (AvgIpc) is 1.99. The lowest BCUT2D eigenvalue weighted by Crippen LogP contribution is -2.22. The Kier molecular flexibility index (Phi) is 7.36. The maximum atomic E-state index is 10.8. The van der Waals surface area contributed by atoms with Crippen LogP contribution in [0, 0.1) is 0 Å². The fourth-order valence-corrected chi connectivity index (χ4v) is 1.07. The molecule has 0 saturated heterocycles. The van der Waals surface area contributed by atoms with Gasteiger partial charge in [-0.05, 0) is 31.4 Å². The van der Waals surface area contributed by atoms with E-state index in [9.17, 15) is 4.79 Å². The Labute approximate surface area is 72.4 Å². The van der Waals surface area contributed by atoms with Crippen molar-refractivity contribution >= 4 is 17.7 Å². The number of allylic oxidation sites excluding steroid dienone is 1. The van der Waals surface area contributed by atoms with Crippen LogP contribution < -0.4 is 5.32 Å². The van der Waals surface area contributed by atoms with Crippen LogP contribution >= 0.6 is 11.8 Å². The zero-order chi connectivity index (χ0) is 8.53. The number of nitrogens with one attached hydrogen (secondary N) is 1. The molecule has 0 rings (SSSR count). The molecule has 0 aromatic heterocycles. The smallest absolute Gasteiger partial charge is 0.243 e. The molecule has 0 aliphatic heterocycles. The highest BCUT2D eigenvalue weighted by Gasteiger charge is 1.91. The number of hydrogen-bond donors (Lipinski definition) is 1. The van der Waals surface area contributed by atoms with Crippen molar-refractivity contribution in [2.24, 2.45) is 0 Å². The van der Waals surface area contributed by atoms with Crippen LogP contribution in [0.15, 0.2) is 12.2 Å². The molecule has 0 unspecified atom stereocenters. The standard InChI is InChI=1S/C8H15NOS/c1-3-5-8(10)9-6-4-7-11-2/h3,5H,4,6-7H2,1-2H3,(H,9,10). The summed E-state index contributed by atoms with van der Waals surface area (Å²) in [5, 5.41) is 2.78. The van der Waals surface area contributed by atoms with Gasteiger partial charge in [-0.3, -0.25) is 4.79 Å². The van der Waals surface area contributed by atoms with Crippen LogP contribution in [0.2, 0.25) is 0 Å². The number of hydrogen-bond acceptors (Lipinski definition) is 2. The molecule has 64 valence electrons. The van der Waals surface area contributed by atoms with Crippen molar-refractivity contribution in [2.75, 3.05) is 18.6 Å². The number of rotatable bonds is 5. The maximum absolute atomic E-state index is 10.8. The van der Waals surface area contributed by atoms with Crippen molar-refractivity contribution in [3.63, 3.8) is 0 Å². The minimum absolute atomic E-state index is 0.00797. The van der Waals surface area contributed by atoms with Gasteiger partial charge in [0.15, 0.2) is 0 Å². The third kappa shape index (κ3) is 7.46. The van der Waals surface area contributed by atoms with Crippen LogP contribution in [0.4, 0.5) is 0 Å². The molecule has 2 nitrogen and oxygen atoms in total. The molecule has 0 aliphatic rings. The zero-order valence-corrected chi connectivity index (χ0v) is 7.91. The molecule has 0 bridgehead atoms. The van der Waals surface area contributed by atoms with Crippen molar-refractivity contribution in [2.45, 2.75) is 13.3 Å². The molecular formula is C8H15NOS. The maximum Gasteiger partial charge on any atom is 0.243 e. The molecule has 3 heteroatoms. The van der Waals surface area contributed by atoms with E-state index in [0.717, 1.165) is 18.7 Å². The first-order valence-corrected chi connectivity index (χ1v) is 5.10. The van der Waals surface area contributed by atoms with Gasteiger partial charge >= 0.3 is 0 Å². The van der Waals surface area contributed by atoms with Crippen LogP contribution in [0.1, 0.15) is 13.3 Å². The molecule has 0 atom stereocenters. The largest absolute Gasteiger partial charge is 0.353 e. The molecule has 0 heterocycles. The van der Waals surface area contributed by atoms with Gasteiger partial charge in [0, 0.05) is 6.54 Å². The molecular weight excluding hydrogens is 158 g/mol. The van der Waals surface area contributed by atoms with Gasteiger partial charge in [-0.2, -0.15) is 11.8 Å². The predicted molar refractivity (Wildman–Crippen MR) is 50.8 cm³/mol. The minimum Gasteiger partial charge on any atom is -0.353 e. The summed E-state index contributed by atoms with van der Waals surface area (Å²) in [6.07, 6.45) is 6.39. The molecule has 1 N–H and O–H groups in total. The summed E-state index contributed by atoms with van der Waals surface area (Å²) < 4.78 is 0. The minimum atomic E-state index is 0.00797. The van der Waals surface area contributed by atoms with E-state index in [2.05, 4.69) is 11.6 Å². The molecule has 0 spiro atoms. The molecule has 11 heavy (non-hydrogen) atoms. The highest BCUT2D eigenvalue weighted by Crippen LogP contribution is 1.92. The Balaban J connectivity index is 3.17. The van der Waals surface area contributed by atoms with E-state index in [4.69, 9.17) is 0 Å². The highest BCUT2D eigenvalue weighted by molar-refractivity contribution is 7.98. The second-order valence-corrected chi connectivity index (χ2v) is 3.12. The van der Waals surface area contributed by atoms with Gasteiger partial charge in [-0.25, -0.2) is 0 Å². The lowest BCUT2D eigenvalue weighted by Gasteiger charge is -1.99. The van der Waals surface area contributed by atoms with Gasteiger partial charge in [-0.1, -0.05) is 6.08 Å². The van der Waals surface area contributed by atoms with Crippen molar-refractivity contribution in [3.8, 4) is 0 Å². The Bertz CT molecular complexity index is 134. The third-order valence-corrected chi connectivity index (χ3v) is 1.84. The van der Waals surface area contributed by atoms with Crippen molar-refractivity contribution in [1.82, 2.24) is 5.32 Å². The summed E-state index contributed by atoms with van der Waals surface area (Å²) in [6, 6.07) is 0. The first kappa shape index (κ1) is 10.6. The Morgan fingerprint density at radius 3 is 2.91 bits per heavy atom. The lowest BCUT2D eigenvalue weighted by atomic mass is 10.4. The average molecular weight is 173 g/mol. The number of carbonyl (C=O) groups is 1. The quantitative estimate of drug-likeness (QED) is 0.503. The van der Waals surface area contributed by atoms with Gasteiger partial charge in [0.25, 0.3) is 0 Å². The summed E-state index contributed by atoms with van der Waals surface area (Å²) in [5.74, 6) is 1.12. The van der Waals surface area contributed by atoms with Crippen LogP contribution in [0.25, 0.3) is 0 Å². The van der Waals surface area contributed by atoms with Crippen LogP contribution in [-0.4, -0.2) is 24.5 Å². The lowest BCUT2D eigenvalue weighted by molar-refractivity contribution is -0.116. The first-order chi connectivity index (χ1) is 5.31. The second-order valence-electron chi connectivity index (χ2n) is 2.14. The summed E-state index contributed by atoms with van der Waals surface area (Å²) >= 11 is 1.80. The normalized spacial score (nSPS) is 10.4. The number of amides is 1. The van der Waals surface area contributed by atoms with Gasteiger partial charge in [0.2, 0.25) is 5.91 Å². The molecule has 0 fully saturated rings. The fraction of sp³-hybridized carbons (Fsp3) is 0.625. The van der Waals surface area contributed by atoms with Gasteiger partial charge in [0.05, 0.1) is 0 Å². The summed E-state index contributed by atoms with van der Waals surface area (Å²) in [5.41, 5.74) is 0. The van der Waals surface area contributed by atoms with E-state index in [1.54, 1.807) is 23.9 Å². The van der Waals surface area contributed by atoms with Gasteiger partial charge in [-0.15, -0.1) is 0 Å². The summed E-state index contributed by atoms with van der Waals surface area (Å²) in [4.78, 5) is 10.8. The molecule has 1 amide bonds. The predicted octanol–water partition coefficient (Wildman–Crippen LogP) is 1.43. The van der Waals surface area contributed by atoms with E-state index in [0.29, 0.717) is 0 Å². The summed E-state index contributed by atoms with van der Waals surface area (Å²) in [6.45, 7) is 2.62. The van der Waals surface area contributed by atoms with Gasteiger partial charge < -0.3 is 5.32 Å². The van der Waals surface area contributed by atoms with E-state index < -0.39 is 0 Å². The molecule has 0 radical (unpaired) electrons. The van der Waals surface area contributed by atoms with E-state index in [1.807, 2.05) is 6.92 Å². The monoisotopic (exact) mass is 173 g/mol. The number of carbonyl (C=O) groups excluding carboxylic acids is 1. The second kappa shape index (κ2) is 7.66. The van der Waals surface area contributed by atoms with Crippen molar-refractivity contribution in [1.29, 1.82) is 0 Å². The Morgan fingerprint density at radius 1 is 1.64 bits per heavy atom. The van der Waals surface area contributed by atoms with Gasteiger partial charge in [0.1, 0.15) is 0 Å². The zero-order valence-electron chi connectivity index (χ0n) is 7.09. The van der Waals surface area contributed by atoms with Crippen molar-refractivity contribution in [3.05, 3.63) is 12.2 Å². The molecule has 0 saturated carbocycles. The van der Waals surface area contributed by atoms with Crippen molar-refractivity contribution < 1.29 is 4.79 Å². The first-order valence-electron chi connectivity index (χ1n) is 3.70. The molecule has 0 aromatic carbocycles. The summed E-state index contributed by atoms with van der Waals surface area (Å²) in [7, 11) is 0. The van der Waals surface area contributed by atoms with E-state index in [-0.39, 0.29) is 5.91 Å². The SMILES string of the molecule is CC=CC(=O)NCCCSC. The Hall–Kier alpha value is -0.440. The van der Waals surface area contributed by atoms with E-state index >= 15 is 0 Å². The fourth-order valence-electron chi connectivity index (χ4n) is 0.638. The topological polar surface area (TPSA) is 29.1 Å². The molecule has 0 aliphatic carbocycles. The van der Waals surface area contributed by atoms with E-state index in [1.165, 1.54) is 0 Å². The number of thioether (sulfide) groups is 1. The molecule has 0 aromatic rings. The van der Waals surface area contributed by atoms with Crippen LogP contribution in [0.5, 0.6) is 0 Å². The highest BCUT2D eigenvalue weighted by atomic mass is 32.2. The Morgan fingerprint density at radius 2 is 2.36 bits per heavy atom. The van der Waals surface area contributed by atoms with Crippen LogP contribution in [0.3, 0.4) is 0 Å². The third-order valence-electron chi connectivity index (χ3n) is 1.14. The van der Waals surface area contributed by atoms with Crippen LogP contribution in [-0.2, 0) is 4.79 Å².